The summed E-state index contributed by atoms with van der Waals surface area (Å²) in [5.41, 5.74) is 1.05. The van der Waals surface area contributed by atoms with Gasteiger partial charge in [0.15, 0.2) is 0 Å². The van der Waals surface area contributed by atoms with E-state index in [0.29, 0.717) is 5.92 Å². The van der Waals surface area contributed by atoms with Gasteiger partial charge >= 0.3 is 0 Å². The molecule has 18 heavy (non-hydrogen) atoms. The SMILES string of the molecule is C[C@@H]1CCCN(C(=O)/C=C/c2ccc(Br)cc2)C1. The molecule has 0 unspecified atom stereocenters. The number of benzene rings is 1. The average molecular weight is 308 g/mol. The largest absolute Gasteiger partial charge is 0.339 e. The number of carbonyl (C=O) groups is 1. The van der Waals surface area contributed by atoms with E-state index in [4.69, 9.17) is 0 Å². The van der Waals surface area contributed by atoms with E-state index < -0.39 is 0 Å². The summed E-state index contributed by atoms with van der Waals surface area (Å²) in [4.78, 5) is 14.0. The molecule has 0 bridgehead atoms. The second-order valence-corrected chi connectivity index (χ2v) is 5.83. The van der Waals surface area contributed by atoms with Crippen LogP contribution in [0.3, 0.4) is 0 Å². The number of nitrogens with zero attached hydrogens (tertiary/aromatic N) is 1. The molecule has 0 N–H and O–H groups in total. The minimum atomic E-state index is 0.129. The monoisotopic (exact) mass is 307 g/mol. The van der Waals surface area contributed by atoms with Crippen LogP contribution in [0.4, 0.5) is 0 Å². The Balaban J connectivity index is 1.96. The van der Waals surface area contributed by atoms with Gasteiger partial charge in [-0.15, -0.1) is 0 Å². The fourth-order valence-electron chi connectivity index (χ4n) is 2.24. The zero-order chi connectivity index (χ0) is 13.0. The Hall–Kier alpha value is -1.09. The first-order chi connectivity index (χ1) is 8.65. The fraction of sp³-hybridized carbons (Fsp3) is 0.400. The van der Waals surface area contributed by atoms with E-state index >= 15 is 0 Å². The second kappa shape index (κ2) is 6.19. The van der Waals surface area contributed by atoms with Crippen molar-refractivity contribution >= 4 is 27.9 Å². The predicted octanol–water partition coefficient (Wildman–Crippen LogP) is 3.72. The molecule has 3 heteroatoms. The van der Waals surface area contributed by atoms with Gasteiger partial charge in [-0.05, 0) is 42.5 Å². The summed E-state index contributed by atoms with van der Waals surface area (Å²) < 4.78 is 1.05. The van der Waals surface area contributed by atoms with Gasteiger partial charge in [-0.3, -0.25) is 4.79 Å². The van der Waals surface area contributed by atoms with Crippen molar-refractivity contribution in [1.82, 2.24) is 4.90 Å². The maximum Gasteiger partial charge on any atom is 0.246 e. The fourth-order valence-corrected chi connectivity index (χ4v) is 2.50. The molecule has 2 rings (SSSR count). The van der Waals surface area contributed by atoms with Gasteiger partial charge in [0.25, 0.3) is 0 Å². The maximum absolute atomic E-state index is 12.0. The lowest BCUT2D eigenvalue weighted by Gasteiger charge is -2.30. The minimum absolute atomic E-state index is 0.129. The number of amides is 1. The van der Waals surface area contributed by atoms with E-state index in [1.165, 1.54) is 6.42 Å². The van der Waals surface area contributed by atoms with Crippen LogP contribution in [0.2, 0.25) is 0 Å². The molecule has 1 aliphatic heterocycles. The lowest BCUT2D eigenvalue weighted by Crippen LogP contribution is -2.38. The molecule has 1 heterocycles. The molecule has 1 aromatic carbocycles. The normalized spacial score (nSPS) is 20.3. The molecule has 0 aromatic heterocycles. The summed E-state index contributed by atoms with van der Waals surface area (Å²) in [5.74, 6) is 0.758. The van der Waals surface area contributed by atoms with Crippen LogP contribution in [0, 0.1) is 5.92 Å². The van der Waals surface area contributed by atoms with Crippen LogP contribution in [0.25, 0.3) is 6.08 Å². The molecule has 0 radical (unpaired) electrons. The Bertz CT molecular complexity index is 438. The van der Waals surface area contributed by atoms with E-state index in [-0.39, 0.29) is 5.91 Å². The zero-order valence-electron chi connectivity index (χ0n) is 10.6. The van der Waals surface area contributed by atoms with Gasteiger partial charge in [0.05, 0.1) is 0 Å². The van der Waals surface area contributed by atoms with Crippen LogP contribution < -0.4 is 0 Å². The van der Waals surface area contributed by atoms with Gasteiger partial charge in [-0.2, -0.15) is 0 Å². The maximum atomic E-state index is 12.0. The molecule has 1 aromatic rings. The molecule has 2 nitrogen and oxygen atoms in total. The number of halogens is 1. The highest BCUT2D eigenvalue weighted by Crippen LogP contribution is 2.16. The summed E-state index contributed by atoms with van der Waals surface area (Å²) in [5, 5.41) is 0. The predicted molar refractivity (Wildman–Crippen MR) is 78.2 cm³/mol. The minimum Gasteiger partial charge on any atom is -0.339 e. The highest BCUT2D eigenvalue weighted by atomic mass is 79.9. The van der Waals surface area contributed by atoms with Gasteiger partial charge in [-0.1, -0.05) is 35.0 Å². The first-order valence-corrected chi connectivity index (χ1v) is 7.17. The van der Waals surface area contributed by atoms with Gasteiger partial charge in [0.1, 0.15) is 0 Å². The Labute approximate surface area is 117 Å². The topological polar surface area (TPSA) is 20.3 Å². The standard InChI is InChI=1S/C15H18BrNO/c1-12-3-2-10-17(11-12)15(18)9-6-13-4-7-14(16)8-5-13/h4-9,12H,2-3,10-11H2,1H3/b9-6+/t12-/m1/s1. The number of hydrogen-bond acceptors (Lipinski definition) is 1. The van der Waals surface area contributed by atoms with Gasteiger partial charge in [0.2, 0.25) is 5.91 Å². The number of hydrogen-bond donors (Lipinski definition) is 0. The van der Waals surface area contributed by atoms with E-state index in [1.807, 2.05) is 35.2 Å². The number of piperidine rings is 1. The molecule has 96 valence electrons. The molecule has 1 fully saturated rings. The molecule has 0 aliphatic carbocycles. The van der Waals surface area contributed by atoms with Gasteiger partial charge in [0, 0.05) is 23.6 Å². The Kier molecular flexibility index (Phi) is 4.59. The van der Waals surface area contributed by atoms with E-state index in [0.717, 1.165) is 29.5 Å². The van der Waals surface area contributed by atoms with Crippen LogP contribution in [0.5, 0.6) is 0 Å². The summed E-state index contributed by atoms with van der Waals surface area (Å²) in [7, 11) is 0. The number of rotatable bonds is 2. The molecular formula is C15H18BrNO. The van der Waals surface area contributed by atoms with Crippen molar-refractivity contribution < 1.29 is 4.79 Å². The van der Waals surface area contributed by atoms with E-state index in [9.17, 15) is 4.79 Å². The number of carbonyl (C=O) groups excluding carboxylic acids is 1. The number of likely N-dealkylation sites (tertiary alicyclic amines) is 1. The van der Waals surface area contributed by atoms with Crippen LogP contribution >= 0.6 is 15.9 Å². The molecule has 1 aliphatic rings. The molecule has 1 atom stereocenters. The summed E-state index contributed by atoms with van der Waals surface area (Å²) in [6.07, 6.45) is 5.93. The van der Waals surface area contributed by atoms with Crippen molar-refractivity contribution in [2.45, 2.75) is 19.8 Å². The molecule has 0 saturated carbocycles. The second-order valence-electron chi connectivity index (χ2n) is 4.92. The van der Waals surface area contributed by atoms with Crippen molar-refractivity contribution in [2.75, 3.05) is 13.1 Å². The van der Waals surface area contributed by atoms with Crippen molar-refractivity contribution in [2.24, 2.45) is 5.92 Å². The molecular weight excluding hydrogens is 290 g/mol. The highest BCUT2D eigenvalue weighted by molar-refractivity contribution is 9.10. The molecule has 0 spiro atoms. The first kappa shape index (κ1) is 13.3. The van der Waals surface area contributed by atoms with Crippen LogP contribution in [-0.2, 0) is 4.79 Å². The van der Waals surface area contributed by atoms with Crippen LogP contribution in [-0.4, -0.2) is 23.9 Å². The van der Waals surface area contributed by atoms with Crippen molar-refractivity contribution in [1.29, 1.82) is 0 Å². The summed E-state index contributed by atoms with van der Waals surface area (Å²) >= 11 is 3.40. The lowest BCUT2D eigenvalue weighted by molar-refractivity contribution is -0.127. The first-order valence-electron chi connectivity index (χ1n) is 6.38. The van der Waals surface area contributed by atoms with Crippen molar-refractivity contribution in [3.05, 3.63) is 40.4 Å². The van der Waals surface area contributed by atoms with Crippen molar-refractivity contribution in [3.8, 4) is 0 Å². The highest BCUT2D eigenvalue weighted by Gasteiger charge is 2.18. The third-order valence-corrected chi connectivity index (χ3v) is 3.79. The van der Waals surface area contributed by atoms with Gasteiger partial charge in [-0.25, -0.2) is 0 Å². The molecule has 1 saturated heterocycles. The summed E-state index contributed by atoms with van der Waals surface area (Å²) in [6.45, 7) is 4.00. The smallest absolute Gasteiger partial charge is 0.246 e. The van der Waals surface area contributed by atoms with E-state index in [1.54, 1.807) is 6.08 Å². The van der Waals surface area contributed by atoms with Gasteiger partial charge < -0.3 is 4.90 Å². The average Bonchev–Trinajstić information content (AvgIpc) is 2.38. The Morgan fingerprint density at radius 1 is 1.39 bits per heavy atom. The van der Waals surface area contributed by atoms with Crippen molar-refractivity contribution in [3.63, 3.8) is 0 Å². The van der Waals surface area contributed by atoms with Crippen LogP contribution in [0.1, 0.15) is 25.3 Å². The lowest BCUT2D eigenvalue weighted by atomic mass is 10.0. The Morgan fingerprint density at radius 3 is 2.78 bits per heavy atom. The summed E-state index contributed by atoms with van der Waals surface area (Å²) in [6, 6.07) is 7.94. The Morgan fingerprint density at radius 2 is 2.11 bits per heavy atom. The molecule has 1 amide bonds. The quantitative estimate of drug-likeness (QED) is 0.763. The zero-order valence-corrected chi connectivity index (χ0v) is 12.2. The van der Waals surface area contributed by atoms with E-state index in [2.05, 4.69) is 22.9 Å². The third-order valence-electron chi connectivity index (χ3n) is 3.26. The third kappa shape index (κ3) is 3.70. The van der Waals surface area contributed by atoms with Crippen LogP contribution in [0.15, 0.2) is 34.8 Å².